The highest BCUT2D eigenvalue weighted by molar-refractivity contribution is 5.97. The SMILES string of the molecule is CC(C)(NC(=O)c1ccnnc1)C(=O)O. The Morgan fingerprint density at radius 3 is 2.53 bits per heavy atom. The Hall–Kier alpha value is -1.98. The zero-order chi connectivity index (χ0) is 11.5. The van der Waals surface area contributed by atoms with Gasteiger partial charge in [0.2, 0.25) is 0 Å². The summed E-state index contributed by atoms with van der Waals surface area (Å²) in [6, 6.07) is 1.46. The fraction of sp³-hybridized carbons (Fsp3) is 0.333. The number of nitrogens with one attached hydrogen (secondary N) is 1. The minimum absolute atomic E-state index is 0.277. The summed E-state index contributed by atoms with van der Waals surface area (Å²) >= 11 is 0. The van der Waals surface area contributed by atoms with Crippen LogP contribution in [0.3, 0.4) is 0 Å². The molecule has 0 radical (unpaired) electrons. The Morgan fingerprint density at radius 1 is 1.40 bits per heavy atom. The molecule has 0 bridgehead atoms. The number of aliphatic carboxylic acids is 1. The van der Waals surface area contributed by atoms with Crippen LogP contribution in [0.15, 0.2) is 18.5 Å². The van der Waals surface area contributed by atoms with Gasteiger partial charge in [0.05, 0.1) is 18.0 Å². The molecule has 0 aliphatic carbocycles. The van der Waals surface area contributed by atoms with Gasteiger partial charge >= 0.3 is 5.97 Å². The van der Waals surface area contributed by atoms with E-state index < -0.39 is 17.4 Å². The van der Waals surface area contributed by atoms with Gasteiger partial charge in [0, 0.05) is 0 Å². The van der Waals surface area contributed by atoms with Gasteiger partial charge in [-0.3, -0.25) is 4.79 Å². The zero-order valence-electron chi connectivity index (χ0n) is 8.39. The van der Waals surface area contributed by atoms with Crippen molar-refractivity contribution in [1.82, 2.24) is 15.5 Å². The molecule has 1 heterocycles. The molecule has 0 aromatic carbocycles. The highest BCUT2D eigenvalue weighted by Gasteiger charge is 2.29. The number of rotatable bonds is 3. The number of carbonyl (C=O) groups excluding carboxylic acids is 1. The number of nitrogens with zero attached hydrogens (tertiary/aromatic N) is 2. The van der Waals surface area contributed by atoms with Crippen LogP contribution in [0.1, 0.15) is 24.2 Å². The molecule has 1 rings (SSSR count). The summed E-state index contributed by atoms with van der Waals surface area (Å²) in [5.74, 6) is -1.59. The van der Waals surface area contributed by atoms with Crippen molar-refractivity contribution < 1.29 is 14.7 Å². The first kappa shape index (κ1) is 11.1. The second-order valence-electron chi connectivity index (χ2n) is 3.52. The van der Waals surface area contributed by atoms with Crippen LogP contribution in [-0.4, -0.2) is 32.7 Å². The van der Waals surface area contributed by atoms with E-state index in [4.69, 9.17) is 5.11 Å². The number of carboxylic acids is 1. The van der Waals surface area contributed by atoms with Crippen molar-refractivity contribution in [2.45, 2.75) is 19.4 Å². The molecular formula is C9H11N3O3. The van der Waals surface area contributed by atoms with E-state index >= 15 is 0 Å². The van der Waals surface area contributed by atoms with E-state index in [2.05, 4.69) is 15.5 Å². The summed E-state index contributed by atoms with van der Waals surface area (Å²) in [4.78, 5) is 22.3. The van der Waals surface area contributed by atoms with Crippen molar-refractivity contribution in [3.05, 3.63) is 24.0 Å². The molecule has 1 aromatic rings. The van der Waals surface area contributed by atoms with Crippen LogP contribution in [0.4, 0.5) is 0 Å². The molecule has 80 valence electrons. The van der Waals surface area contributed by atoms with E-state index in [1.54, 1.807) is 0 Å². The highest BCUT2D eigenvalue weighted by Crippen LogP contribution is 2.04. The second kappa shape index (κ2) is 4.04. The van der Waals surface area contributed by atoms with Crippen LogP contribution in [0.25, 0.3) is 0 Å². The summed E-state index contributed by atoms with van der Waals surface area (Å²) in [6.07, 6.45) is 2.63. The number of aromatic nitrogens is 2. The van der Waals surface area contributed by atoms with Gasteiger partial charge in [-0.15, -0.1) is 0 Å². The Morgan fingerprint density at radius 2 is 2.07 bits per heavy atom. The molecule has 0 spiro atoms. The van der Waals surface area contributed by atoms with Gasteiger partial charge in [-0.2, -0.15) is 10.2 Å². The molecular weight excluding hydrogens is 198 g/mol. The molecule has 2 N–H and O–H groups in total. The van der Waals surface area contributed by atoms with E-state index in [-0.39, 0.29) is 5.56 Å². The fourth-order valence-electron chi connectivity index (χ4n) is 0.834. The minimum Gasteiger partial charge on any atom is -0.480 e. The minimum atomic E-state index is -1.31. The molecule has 0 saturated heterocycles. The maximum Gasteiger partial charge on any atom is 0.328 e. The normalized spacial score (nSPS) is 10.8. The summed E-state index contributed by atoms with van der Waals surface area (Å²) in [7, 11) is 0. The van der Waals surface area contributed by atoms with Gasteiger partial charge < -0.3 is 10.4 Å². The van der Waals surface area contributed by atoms with Gasteiger partial charge in [-0.05, 0) is 19.9 Å². The molecule has 0 unspecified atom stereocenters. The van der Waals surface area contributed by atoms with E-state index in [1.807, 2.05) is 0 Å². The molecule has 1 aromatic heterocycles. The Labute approximate surface area is 86.3 Å². The van der Waals surface area contributed by atoms with Crippen LogP contribution >= 0.6 is 0 Å². The molecule has 0 aliphatic heterocycles. The van der Waals surface area contributed by atoms with Gasteiger partial charge in [-0.1, -0.05) is 0 Å². The lowest BCUT2D eigenvalue weighted by Crippen LogP contribution is -2.49. The van der Waals surface area contributed by atoms with Crippen molar-refractivity contribution in [3.63, 3.8) is 0 Å². The molecule has 15 heavy (non-hydrogen) atoms. The lowest BCUT2D eigenvalue weighted by atomic mass is 10.1. The first-order valence-electron chi connectivity index (χ1n) is 4.26. The molecule has 0 aliphatic rings. The summed E-state index contributed by atoms with van der Waals surface area (Å²) < 4.78 is 0. The molecule has 0 fully saturated rings. The van der Waals surface area contributed by atoms with Crippen molar-refractivity contribution in [2.24, 2.45) is 0 Å². The number of hydrogen-bond donors (Lipinski definition) is 2. The van der Waals surface area contributed by atoms with Gasteiger partial charge in [0.15, 0.2) is 0 Å². The first-order valence-corrected chi connectivity index (χ1v) is 4.26. The first-order chi connectivity index (χ1) is 6.93. The van der Waals surface area contributed by atoms with Crippen molar-refractivity contribution in [1.29, 1.82) is 0 Å². The third-order valence-corrected chi connectivity index (χ3v) is 1.81. The van der Waals surface area contributed by atoms with Gasteiger partial charge in [0.1, 0.15) is 5.54 Å². The summed E-state index contributed by atoms with van der Waals surface area (Å²) in [5, 5.41) is 18.2. The summed E-state index contributed by atoms with van der Waals surface area (Å²) in [5.41, 5.74) is -1.03. The van der Waals surface area contributed by atoms with Gasteiger partial charge in [0.25, 0.3) is 5.91 Å². The highest BCUT2D eigenvalue weighted by atomic mass is 16.4. The third-order valence-electron chi connectivity index (χ3n) is 1.81. The predicted octanol–water partition coefficient (Wildman–Crippen LogP) is 0.0696. The number of carbonyl (C=O) groups is 2. The quantitative estimate of drug-likeness (QED) is 0.734. The average Bonchev–Trinajstić information content (AvgIpc) is 2.18. The van der Waals surface area contributed by atoms with Crippen LogP contribution in [0.5, 0.6) is 0 Å². The van der Waals surface area contributed by atoms with E-state index in [1.165, 1.54) is 32.3 Å². The maximum atomic E-state index is 11.5. The Kier molecular flexibility index (Phi) is 2.99. The molecule has 0 saturated carbocycles. The van der Waals surface area contributed by atoms with Crippen LogP contribution < -0.4 is 5.32 Å². The van der Waals surface area contributed by atoms with Crippen molar-refractivity contribution in [3.8, 4) is 0 Å². The van der Waals surface area contributed by atoms with E-state index in [9.17, 15) is 9.59 Å². The van der Waals surface area contributed by atoms with Crippen LogP contribution in [-0.2, 0) is 4.79 Å². The number of hydrogen-bond acceptors (Lipinski definition) is 4. The van der Waals surface area contributed by atoms with Crippen LogP contribution in [0, 0.1) is 0 Å². The zero-order valence-corrected chi connectivity index (χ0v) is 8.39. The lowest BCUT2D eigenvalue weighted by Gasteiger charge is -2.20. The summed E-state index contributed by atoms with van der Waals surface area (Å²) in [6.45, 7) is 2.81. The number of carboxylic acid groups (broad SMARTS) is 1. The van der Waals surface area contributed by atoms with E-state index in [0.717, 1.165) is 0 Å². The molecule has 6 heteroatoms. The standard InChI is InChI=1S/C9H11N3O3/c1-9(2,8(14)15)12-7(13)6-3-4-10-11-5-6/h3-5H,1-2H3,(H,12,13)(H,14,15). The smallest absolute Gasteiger partial charge is 0.328 e. The fourth-order valence-corrected chi connectivity index (χ4v) is 0.834. The molecule has 1 amide bonds. The lowest BCUT2D eigenvalue weighted by molar-refractivity contribution is -0.143. The molecule has 6 nitrogen and oxygen atoms in total. The Bertz CT molecular complexity index is 375. The van der Waals surface area contributed by atoms with Gasteiger partial charge in [-0.25, -0.2) is 4.79 Å². The number of amides is 1. The predicted molar refractivity (Wildman–Crippen MR) is 51.2 cm³/mol. The van der Waals surface area contributed by atoms with E-state index in [0.29, 0.717) is 0 Å². The van der Waals surface area contributed by atoms with Crippen molar-refractivity contribution in [2.75, 3.05) is 0 Å². The second-order valence-corrected chi connectivity index (χ2v) is 3.52. The molecule has 0 atom stereocenters. The average molecular weight is 209 g/mol. The third kappa shape index (κ3) is 2.73. The largest absolute Gasteiger partial charge is 0.480 e. The maximum absolute atomic E-state index is 11.5. The van der Waals surface area contributed by atoms with Crippen LogP contribution in [0.2, 0.25) is 0 Å². The topological polar surface area (TPSA) is 92.2 Å². The van der Waals surface area contributed by atoms with Crippen molar-refractivity contribution >= 4 is 11.9 Å². The monoisotopic (exact) mass is 209 g/mol. The Balaban J connectivity index is 2.77.